The van der Waals surface area contributed by atoms with Crippen molar-refractivity contribution in [1.82, 2.24) is 14.8 Å². The molecule has 0 spiro atoms. The first-order valence-corrected chi connectivity index (χ1v) is 11.9. The predicted molar refractivity (Wildman–Crippen MR) is 134 cm³/mol. The minimum Gasteiger partial charge on any atom is -0.405 e. The van der Waals surface area contributed by atoms with Gasteiger partial charge in [0.1, 0.15) is 11.4 Å². The zero-order chi connectivity index (χ0) is 26.6. The molecule has 1 N–H and O–H groups in total. The van der Waals surface area contributed by atoms with Crippen LogP contribution < -0.4 is 10.1 Å². The van der Waals surface area contributed by atoms with Gasteiger partial charge in [0.2, 0.25) is 0 Å². The van der Waals surface area contributed by atoms with Crippen molar-refractivity contribution in [3.8, 4) is 16.9 Å². The number of piperazine rings is 1. The Morgan fingerprint density at radius 3 is 2.30 bits per heavy atom. The normalized spacial score (nSPS) is 14.4. The fourth-order valence-electron chi connectivity index (χ4n) is 4.33. The Kier molecular flexibility index (Phi) is 7.77. The smallest absolute Gasteiger partial charge is 0.405 e. The number of hydrogen-bond acceptors (Lipinski definition) is 5. The number of pyridine rings is 1. The highest BCUT2D eigenvalue weighted by molar-refractivity contribution is 6.08. The molecular weight excluding hydrogens is 485 g/mol. The van der Waals surface area contributed by atoms with Gasteiger partial charge < -0.3 is 19.9 Å². The van der Waals surface area contributed by atoms with Gasteiger partial charge in [0.25, 0.3) is 11.8 Å². The van der Waals surface area contributed by atoms with E-state index in [1.54, 1.807) is 36.1 Å². The van der Waals surface area contributed by atoms with E-state index in [1.807, 2.05) is 6.07 Å². The number of aromatic nitrogens is 1. The lowest BCUT2D eigenvalue weighted by molar-refractivity contribution is -0.274. The Morgan fingerprint density at radius 2 is 1.70 bits per heavy atom. The van der Waals surface area contributed by atoms with Gasteiger partial charge in [-0.15, -0.1) is 13.2 Å². The molecule has 3 aromatic rings. The van der Waals surface area contributed by atoms with Crippen LogP contribution in [0.4, 0.5) is 18.9 Å². The summed E-state index contributed by atoms with van der Waals surface area (Å²) < 4.78 is 43.4. The maximum absolute atomic E-state index is 13.2. The number of hydrogen-bond donors (Lipinski definition) is 1. The summed E-state index contributed by atoms with van der Waals surface area (Å²) in [6, 6.07) is 14.6. The predicted octanol–water partition coefficient (Wildman–Crippen LogP) is 4.99. The van der Waals surface area contributed by atoms with Crippen LogP contribution in [-0.4, -0.2) is 65.7 Å². The summed E-state index contributed by atoms with van der Waals surface area (Å²) >= 11 is 0. The van der Waals surface area contributed by atoms with Crippen molar-refractivity contribution in [1.29, 1.82) is 0 Å². The van der Waals surface area contributed by atoms with Crippen LogP contribution >= 0.6 is 0 Å². The van der Waals surface area contributed by atoms with E-state index in [2.05, 4.69) is 26.9 Å². The molecular formula is C27H27F3N4O3. The number of anilines is 1. The maximum Gasteiger partial charge on any atom is 0.573 e. The molecule has 1 aliphatic rings. The molecule has 10 heteroatoms. The Hall–Kier alpha value is -3.92. The number of likely N-dealkylation sites (N-methyl/N-ethyl adjacent to an activating group) is 1. The van der Waals surface area contributed by atoms with Gasteiger partial charge in [-0.25, -0.2) is 4.98 Å². The van der Waals surface area contributed by atoms with Crippen molar-refractivity contribution >= 4 is 17.5 Å². The van der Waals surface area contributed by atoms with E-state index in [1.165, 1.54) is 24.4 Å². The minimum atomic E-state index is -4.97. The topological polar surface area (TPSA) is 74.8 Å². The summed E-state index contributed by atoms with van der Waals surface area (Å²) in [6.07, 6.45) is -3.66. The summed E-state index contributed by atoms with van der Waals surface area (Å²) in [7, 11) is 0. The van der Waals surface area contributed by atoms with Crippen molar-refractivity contribution in [2.24, 2.45) is 0 Å². The van der Waals surface area contributed by atoms with Gasteiger partial charge in [0.15, 0.2) is 0 Å². The molecule has 37 heavy (non-hydrogen) atoms. The third kappa shape index (κ3) is 6.26. The molecule has 0 radical (unpaired) electrons. The van der Waals surface area contributed by atoms with E-state index in [-0.39, 0.29) is 22.9 Å². The van der Waals surface area contributed by atoms with Crippen LogP contribution in [0.25, 0.3) is 11.1 Å². The molecule has 2 aromatic carbocycles. The molecule has 2 amide bonds. The van der Waals surface area contributed by atoms with Gasteiger partial charge in [0.05, 0.1) is 17.4 Å². The maximum atomic E-state index is 13.2. The first-order valence-electron chi connectivity index (χ1n) is 11.9. The molecule has 194 valence electrons. The number of carbonyl (C=O) groups is 2. The quantitative estimate of drug-likeness (QED) is 0.504. The SMILES string of the molecule is CCN1CCN(C(=O)c2ccc(NC(=O)c3c(OC(F)(F)F)ccc(-c4ccccc4)c3C)cn2)CC1. The number of ether oxygens (including phenoxy) is 1. The number of nitrogens with zero attached hydrogens (tertiary/aromatic N) is 3. The molecule has 1 aromatic heterocycles. The standard InChI is InChI=1S/C27H27F3N4O3/c1-3-33-13-15-34(16-14-33)26(36)22-11-9-20(17-31-22)32-25(35)24-18(2)21(19-7-5-4-6-8-19)10-12-23(24)37-27(28,29)30/h4-12,17H,3,13-16H2,1-2H3,(H,32,35). The van der Waals surface area contributed by atoms with Gasteiger partial charge in [-0.1, -0.05) is 43.3 Å². The molecule has 2 heterocycles. The van der Waals surface area contributed by atoms with Crippen LogP contribution in [0, 0.1) is 6.92 Å². The molecule has 0 aliphatic carbocycles. The number of rotatable bonds is 6. The van der Waals surface area contributed by atoms with Crippen LogP contribution in [-0.2, 0) is 0 Å². The lowest BCUT2D eigenvalue weighted by Crippen LogP contribution is -2.48. The highest BCUT2D eigenvalue weighted by Gasteiger charge is 2.34. The molecule has 1 aliphatic heterocycles. The van der Waals surface area contributed by atoms with Crippen molar-refractivity contribution in [3.05, 3.63) is 77.6 Å². The average molecular weight is 513 g/mol. The lowest BCUT2D eigenvalue weighted by atomic mass is 9.95. The monoisotopic (exact) mass is 512 g/mol. The molecule has 0 bridgehead atoms. The summed E-state index contributed by atoms with van der Waals surface area (Å²) in [5.41, 5.74) is 1.90. The zero-order valence-corrected chi connectivity index (χ0v) is 20.5. The largest absolute Gasteiger partial charge is 0.573 e. The van der Waals surface area contributed by atoms with E-state index >= 15 is 0 Å². The summed E-state index contributed by atoms with van der Waals surface area (Å²) in [4.78, 5) is 34.1. The Balaban J connectivity index is 1.56. The molecule has 0 atom stereocenters. The van der Waals surface area contributed by atoms with Gasteiger partial charge in [-0.05, 0) is 48.4 Å². The third-order valence-corrected chi connectivity index (χ3v) is 6.31. The molecule has 0 unspecified atom stereocenters. The van der Waals surface area contributed by atoms with Crippen LogP contribution in [0.15, 0.2) is 60.8 Å². The Morgan fingerprint density at radius 1 is 1.00 bits per heavy atom. The first kappa shape index (κ1) is 26.2. The molecule has 4 rings (SSSR count). The van der Waals surface area contributed by atoms with Crippen LogP contribution in [0.5, 0.6) is 5.75 Å². The van der Waals surface area contributed by atoms with Gasteiger partial charge in [0, 0.05) is 26.2 Å². The number of nitrogens with one attached hydrogen (secondary N) is 1. The van der Waals surface area contributed by atoms with Crippen molar-refractivity contribution < 1.29 is 27.5 Å². The van der Waals surface area contributed by atoms with Crippen LogP contribution in [0.1, 0.15) is 33.3 Å². The van der Waals surface area contributed by atoms with E-state index in [0.717, 1.165) is 31.3 Å². The molecule has 1 fully saturated rings. The molecule has 1 saturated heterocycles. The van der Waals surface area contributed by atoms with E-state index < -0.39 is 18.0 Å². The number of halogens is 3. The first-order chi connectivity index (χ1) is 17.7. The highest BCUT2D eigenvalue weighted by Crippen LogP contribution is 2.35. The second-order valence-electron chi connectivity index (χ2n) is 8.64. The Labute approximate surface area is 212 Å². The van der Waals surface area contributed by atoms with Crippen LogP contribution in [0.3, 0.4) is 0 Å². The summed E-state index contributed by atoms with van der Waals surface area (Å²) in [5, 5.41) is 2.58. The minimum absolute atomic E-state index is 0.208. The molecule has 7 nitrogen and oxygen atoms in total. The second kappa shape index (κ2) is 11.0. The summed E-state index contributed by atoms with van der Waals surface area (Å²) in [5.74, 6) is -1.60. The fourth-order valence-corrected chi connectivity index (χ4v) is 4.33. The van der Waals surface area contributed by atoms with Crippen molar-refractivity contribution in [2.75, 3.05) is 38.0 Å². The zero-order valence-electron chi connectivity index (χ0n) is 20.5. The van der Waals surface area contributed by atoms with Crippen LogP contribution in [0.2, 0.25) is 0 Å². The lowest BCUT2D eigenvalue weighted by Gasteiger charge is -2.33. The number of alkyl halides is 3. The third-order valence-electron chi connectivity index (χ3n) is 6.31. The van der Waals surface area contributed by atoms with E-state index in [4.69, 9.17) is 0 Å². The number of carbonyl (C=O) groups excluding carboxylic acids is 2. The van der Waals surface area contributed by atoms with Crippen molar-refractivity contribution in [3.63, 3.8) is 0 Å². The van der Waals surface area contributed by atoms with Gasteiger partial charge in [-0.2, -0.15) is 0 Å². The van der Waals surface area contributed by atoms with Gasteiger partial charge >= 0.3 is 6.36 Å². The van der Waals surface area contributed by atoms with Gasteiger partial charge in [-0.3, -0.25) is 9.59 Å². The number of amides is 2. The number of benzene rings is 2. The van der Waals surface area contributed by atoms with E-state index in [9.17, 15) is 22.8 Å². The fraction of sp³-hybridized carbons (Fsp3) is 0.296. The second-order valence-corrected chi connectivity index (χ2v) is 8.64. The van der Waals surface area contributed by atoms with Crippen molar-refractivity contribution in [2.45, 2.75) is 20.2 Å². The summed E-state index contributed by atoms with van der Waals surface area (Å²) in [6.45, 7) is 7.36. The highest BCUT2D eigenvalue weighted by atomic mass is 19.4. The average Bonchev–Trinajstić information content (AvgIpc) is 2.88. The Bertz CT molecular complexity index is 1260. The molecule has 0 saturated carbocycles. The van der Waals surface area contributed by atoms with E-state index in [0.29, 0.717) is 24.2 Å².